The number of ether oxygens (including phenoxy) is 1. The van der Waals surface area contributed by atoms with Crippen molar-refractivity contribution in [1.29, 1.82) is 0 Å². The summed E-state index contributed by atoms with van der Waals surface area (Å²) in [5.41, 5.74) is 0. The van der Waals surface area contributed by atoms with E-state index in [2.05, 4.69) is 24.2 Å². The molecule has 1 N–H and O–H groups in total. The lowest BCUT2D eigenvalue weighted by atomic mass is 10.4. The molecule has 1 aromatic heterocycles. The van der Waals surface area contributed by atoms with Crippen LogP contribution in [0.15, 0.2) is 16.5 Å². The van der Waals surface area contributed by atoms with Gasteiger partial charge in [-0.05, 0) is 32.6 Å². The van der Waals surface area contributed by atoms with E-state index in [1.54, 1.807) is 0 Å². The lowest BCUT2D eigenvalue weighted by Gasteiger charge is -2.14. The summed E-state index contributed by atoms with van der Waals surface area (Å²) >= 11 is 0. The highest BCUT2D eigenvalue weighted by molar-refractivity contribution is 5.06. The SMILES string of the molecule is CCNCc1ccc(CN(C)CCOCC)o1. The molecule has 0 fully saturated rings. The van der Waals surface area contributed by atoms with Gasteiger partial charge in [0.05, 0.1) is 19.7 Å². The van der Waals surface area contributed by atoms with Gasteiger partial charge in [0.15, 0.2) is 0 Å². The molecule has 0 saturated heterocycles. The van der Waals surface area contributed by atoms with Gasteiger partial charge >= 0.3 is 0 Å². The van der Waals surface area contributed by atoms with Gasteiger partial charge in [-0.3, -0.25) is 4.90 Å². The molecule has 0 saturated carbocycles. The molecule has 0 amide bonds. The second-order valence-electron chi connectivity index (χ2n) is 4.08. The molecule has 1 aromatic rings. The molecule has 0 bridgehead atoms. The highest BCUT2D eigenvalue weighted by Gasteiger charge is 2.05. The Labute approximate surface area is 104 Å². The van der Waals surface area contributed by atoms with Gasteiger partial charge in [0, 0.05) is 13.2 Å². The number of hydrogen-bond acceptors (Lipinski definition) is 4. The Balaban J connectivity index is 2.27. The van der Waals surface area contributed by atoms with Crippen LogP contribution in [0.2, 0.25) is 0 Å². The smallest absolute Gasteiger partial charge is 0.118 e. The van der Waals surface area contributed by atoms with E-state index < -0.39 is 0 Å². The normalized spacial score (nSPS) is 11.3. The number of hydrogen-bond donors (Lipinski definition) is 1. The summed E-state index contributed by atoms with van der Waals surface area (Å²) in [5, 5.41) is 3.25. The van der Waals surface area contributed by atoms with Crippen molar-refractivity contribution in [3.8, 4) is 0 Å². The highest BCUT2D eigenvalue weighted by atomic mass is 16.5. The number of rotatable bonds is 9. The Morgan fingerprint density at radius 1 is 1.29 bits per heavy atom. The van der Waals surface area contributed by atoms with Crippen molar-refractivity contribution in [2.24, 2.45) is 0 Å². The third kappa shape index (κ3) is 5.86. The predicted molar refractivity (Wildman–Crippen MR) is 68.9 cm³/mol. The largest absolute Gasteiger partial charge is 0.463 e. The standard InChI is InChI=1S/C13H24N2O2/c1-4-14-10-12-6-7-13(17-12)11-15(3)8-9-16-5-2/h6-7,14H,4-5,8-11H2,1-3H3. The zero-order valence-electron chi connectivity index (χ0n) is 11.2. The molecular weight excluding hydrogens is 216 g/mol. The molecule has 4 heteroatoms. The first-order chi connectivity index (χ1) is 8.26. The Hall–Kier alpha value is -0.840. The molecule has 0 aromatic carbocycles. The fourth-order valence-corrected chi connectivity index (χ4v) is 1.56. The quantitative estimate of drug-likeness (QED) is 0.669. The third-order valence-corrected chi connectivity index (χ3v) is 2.51. The molecule has 98 valence electrons. The van der Waals surface area contributed by atoms with Crippen LogP contribution >= 0.6 is 0 Å². The molecule has 0 unspecified atom stereocenters. The third-order valence-electron chi connectivity index (χ3n) is 2.51. The molecular formula is C13H24N2O2. The average molecular weight is 240 g/mol. The maximum Gasteiger partial charge on any atom is 0.118 e. The predicted octanol–water partition coefficient (Wildman–Crippen LogP) is 1.86. The van der Waals surface area contributed by atoms with E-state index in [1.165, 1.54) is 0 Å². The van der Waals surface area contributed by atoms with E-state index in [-0.39, 0.29) is 0 Å². The fourth-order valence-electron chi connectivity index (χ4n) is 1.56. The molecule has 17 heavy (non-hydrogen) atoms. The van der Waals surface area contributed by atoms with Crippen LogP contribution in [0.25, 0.3) is 0 Å². The Kier molecular flexibility index (Phi) is 6.93. The van der Waals surface area contributed by atoms with Crippen LogP contribution in [-0.4, -0.2) is 38.3 Å². The summed E-state index contributed by atoms with van der Waals surface area (Å²) in [4.78, 5) is 2.20. The van der Waals surface area contributed by atoms with Crippen LogP contribution in [0.3, 0.4) is 0 Å². The van der Waals surface area contributed by atoms with Crippen molar-refractivity contribution in [3.63, 3.8) is 0 Å². The van der Waals surface area contributed by atoms with Gasteiger partial charge in [0.25, 0.3) is 0 Å². The highest BCUT2D eigenvalue weighted by Crippen LogP contribution is 2.09. The number of nitrogens with one attached hydrogen (secondary N) is 1. The van der Waals surface area contributed by atoms with E-state index in [0.29, 0.717) is 0 Å². The summed E-state index contributed by atoms with van der Waals surface area (Å²) in [6, 6.07) is 4.08. The molecule has 4 nitrogen and oxygen atoms in total. The van der Waals surface area contributed by atoms with Crippen molar-refractivity contribution in [2.75, 3.05) is 33.4 Å². The molecule has 1 heterocycles. The van der Waals surface area contributed by atoms with E-state index in [9.17, 15) is 0 Å². The van der Waals surface area contributed by atoms with Crippen LogP contribution < -0.4 is 5.32 Å². The van der Waals surface area contributed by atoms with Crippen LogP contribution in [0.5, 0.6) is 0 Å². The summed E-state index contributed by atoms with van der Waals surface area (Å²) in [6.07, 6.45) is 0. The van der Waals surface area contributed by atoms with Crippen LogP contribution in [0.4, 0.5) is 0 Å². The maximum absolute atomic E-state index is 5.72. The zero-order chi connectivity index (χ0) is 12.5. The van der Waals surface area contributed by atoms with Crippen molar-refractivity contribution in [3.05, 3.63) is 23.7 Å². The minimum atomic E-state index is 0.776. The second kappa shape index (κ2) is 8.28. The zero-order valence-corrected chi connectivity index (χ0v) is 11.2. The fraction of sp³-hybridized carbons (Fsp3) is 0.692. The van der Waals surface area contributed by atoms with E-state index >= 15 is 0 Å². The average Bonchev–Trinajstić information content (AvgIpc) is 2.74. The second-order valence-corrected chi connectivity index (χ2v) is 4.08. The van der Waals surface area contributed by atoms with Crippen molar-refractivity contribution in [1.82, 2.24) is 10.2 Å². The molecule has 0 atom stereocenters. The van der Waals surface area contributed by atoms with Gasteiger partial charge < -0.3 is 14.5 Å². The topological polar surface area (TPSA) is 37.6 Å². The minimum absolute atomic E-state index is 0.776. The van der Waals surface area contributed by atoms with Gasteiger partial charge in [0.2, 0.25) is 0 Å². The summed E-state index contributed by atoms with van der Waals surface area (Å²) in [7, 11) is 2.07. The van der Waals surface area contributed by atoms with Gasteiger partial charge in [-0.2, -0.15) is 0 Å². The van der Waals surface area contributed by atoms with Crippen molar-refractivity contribution < 1.29 is 9.15 Å². The van der Waals surface area contributed by atoms with E-state index in [1.807, 2.05) is 19.1 Å². The molecule has 0 spiro atoms. The molecule has 0 aliphatic rings. The lowest BCUT2D eigenvalue weighted by Crippen LogP contribution is -2.22. The van der Waals surface area contributed by atoms with Gasteiger partial charge in [-0.1, -0.05) is 6.92 Å². The first kappa shape index (κ1) is 14.2. The lowest BCUT2D eigenvalue weighted by molar-refractivity contribution is 0.118. The summed E-state index contributed by atoms with van der Waals surface area (Å²) in [5.74, 6) is 2.01. The van der Waals surface area contributed by atoms with E-state index in [0.717, 1.165) is 50.9 Å². The Bertz CT molecular complexity index is 299. The molecule has 0 aliphatic heterocycles. The summed E-state index contributed by atoms with van der Waals surface area (Å²) in [6.45, 7) is 9.18. The Morgan fingerprint density at radius 3 is 2.76 bits per heavy atom. The van der Waals surface area contributed by atoms with Crippen LogP contribution in [0, 0.1) is 0 Å². The molecule has 0 aliphatic carbocycles. The molecule has 0 radical (unpaired) electrons. The minimum Gasteiger partial charge on any atom is -0.463 e. The Morgan fingerprint density at radius 2 is 2.06 bits per heavy atom. The van der Waals surface area contributed by atoms with Gasteiger partial charge in [-0.25, -0.2) is 0 Å². The maximum atomic E-state index is 5.72. The monoisotopic (exact) mass is 240 g/mol. The number of likely N-dealkylation sites (N-methyl/N-ethyl adjacent to an activating group) is 1. The first-order valence-corrected chi connectivity index (χ1v) is 6.30. The van der Waals surface area contributed by atoms with Crippen LogP contribution in [0.1, 0.15) is 25.4 Å². The van der Waals surface area contributed by atoms with Crippen LogP contribution in [-0.2, 0) is 17.8 Å². The van der Waals surface area contributed by atoms with Crippen molar-refractivity contribution in [2.45, 2.75) is 26.9 Å². The molecule has 1 rings (SSSR count). The number of furan rings is 1. The van der Waals surface area contributed by atoms with Crippen molar-refractivity contribution >= 4 is 0 Å². The summed E-state index contributed by atoms with van der Waals surface area (Å²) < 4.78 is 11.0. The first-order valence-electron chi connectivity index (χ1n) is 6.30. The van der Waals surface area contributed by atoms with Gasteiger partial charge in [-0.15, -0.1) is 0 Å². The van der Waals surface area contributed by atoms with Gasteiger partial charge in [0.1, 0.15) is 11.5 Å². The number of nitrogens with zero attached hydrogens (tertiary/aromatic N) is 1. The van der Waals surface area contributed by atoms with E-state index in [4.69, 9.17) is 9.15 Å².